The van der Waals surface area contributed by atoms with Gasteiger partial charge in [0.15, 0.2) is 0 Å². The van der Waals surface area contributed by atoms with Gasteiger partial charge in [-0.1, -0.05) is 0 Å². The molecule has 1 saturated carbocycles. The summed E-state index contributed by atoms with van der Waals surface area (Å²) in [6, 6.07) is 2.70. The van der Waals surface area contributed by atoms with Gasteiger partial charge < -0.3 is 5.32 Å². The monoisotopic (exact) mass is 276 g/mol. The quantitative estimate of drug-likeness (QED) is 0.762. The summed E-state index contributed by atoms with van der Waals surface area (Å²) in [6.07, 6.45) is 2.23. The topological polar surface area (TPSA) is 58.2 Å². The van der Waals surface area contributed by atoms with Crippen molar-refractivity contribution in [2.24, 2.45) is 0 Å². The number of nitrogens with one attached hydrogen (secondary N) is 2. The summed E-state index contributed by atoms with van der Waals surface area (Å²) < 4.78 is 51.6. The SMILES string of the molecule is O=S(=O)(NCCNC1CC1)c1cc(F)cc(F)c1. The van der Waals surface area contributed by atoms with Gasteiger partial charge in [-0.2, -0.15) is 0 Å². The maximum Gasteiger partial charge on any atom is 0.240 e. The lowest BCUT2D eigenvalue weighted by Gasteiger charge is -2.07. The zero-order chi connectivity index (χ0) is 13.2. The highest BCUT2D eigenvalue weighted by Crippen LogP contribution is 2.18. The minimum Gasteiger partial charge on any atom is -0.313 e. The van der Waals surface area contributed by atoms with Crippen LogP contribution in [0.25, 0.3) is 0 Å². The van der Waals surface area contributed by atoms with Crippen LogP contribution in [0.15, 0.2) is 23.1 Å². The Hall–Kier alpha value is -1.05. The molecule has 2 N–H and O–H groups in total. The molecule has 0 bridgehead atoms. The van der Waals surface area contributed by atoms with Crippen molar-refractivity contribution in [3.8, 4) is 0 Å². The maximum atomic E-state index is 12.9. The number of hydrogen-bond donors (Lipinski definition) is 2. The second-order valence-electron chi connectivity index (χ2n) is 4.23. The second-order valence-corrected chi connectivity index (χ2v) is 6.00. The molecule has 0 heterocycles. The van der Waals surface area contributed by atoms with Gasteiger partial charge in [0.25, 0.3) is 0 Å². The average molecular weight is 276 g/mol. The summed E-state index contributed by atoms with van der Waals surface area (Å²) in [5.41, 5.74) is 0. The Kier molecular flexibility index (Phi) is 3.94. The highest BCUT2D eigenvalue weighted by Gasteiger charge is 2.20. The molecule has 7 heteroatoms. The first-order valence-electron chi connectivity index (χ1n) is 5.66. The summed E-state index contributed by atoms with van der Waals surface area (Å²) in [7, 11) is -3.85. The van der Waals surface area contributed by atoms with Crippen LogP contribution < -0.4 is 10.0 Å². The zero-order valence-electron chi connectivity index (χ0n) is 9.62. The van der Waals surface area contributed by atoms with Crippen molar-refractivity contribution in [1.82, 2.24) is 10.0 Å². The molecule has 1 aromatic carbocycles. The van der Waals surface area contributed by atoms with Gasteiger partial charge in [-0.3, -0.25) is 0 Å². The molecule has 100 valence electrons. The van der Waals surface area contributed by atoms with Gasteiger partial charge in [0, 0.05) is 25.2 Å². The van der Waals surface area contributed by atoms with Crippen LogP contribution in [0.4, 0.5) is 8.78 Å². The van der Waals surface area contributed by atoms with Crippen molar-refractivity contribution in [3.63, 3.8) is 0 Å². The molecule has 0 aromatic heterocycles. The molecule has 4 nitrogen and oxygen atoms in total. The molecule has 1 aromatic rings. The number of halogens is 2. The number of sulfonamides is 1. The minimum absolute atomic E-state index is 0.191. The van der Waals surface area contributed by atoms with Gasteiger partial charge in [-0.15, -0.1) is 0 Å². The molecule has 2 rings (SSSR count). The molecule has 1 aliphatic rings. The van der Waals surface area contributed by atoms with Crippen molar-refractivity contribution in [2.45, 2.75) is 23.8 Å². The largest absolute Gasteiger partial charge is 0.313 e. The van der Waals surface area contributed by atoms with Gasteiger partial charge in [0.2, 0.25) is 10.0 Å². The summed E-state index contributed by atoms with van der Waals surface area (Å²) in [6.45, 7) is 0.693. The van der Waals surface area contributed by atoms with E-state index in [2.05, 4.69) is 10.0 Å². The highest BCUT2D eigenvalue weighted by atomic mass is 32.2. The van der Waals surface area contributed by atoms with Crippen LogP contribution in [-0.4, -0.2) is 27.5 Å². The second kappa shape index (κ2) is 5.29. The molecule has 0 unspecified atom stereocenters. The fraction of sp³-hybridized carbons (Fsp3) is 0.455. The third-order valence-electron chi connectivity index (χ3n) is 2.57. The molecule has 0 aliphatic heterocycles. The van der Waals surface area contributed by atoms with E-state index in [4.69, 9.17) is 0 Å². The zero-order valence-corrected chi connectivity index (χ0v) is 10.4. The van der Waals surface area contributed by atoms with Crippen molar-refractivity contribution in [2.75, 3.05) is 13.1 Å². The Balaban J connectivity index is 1.95. The third-order valence-corrected chi connectivity index (χ3v) is 4.01. The minimum atomic E-state index is -3.85. The Morgan fingerprint density at radius 2 is 1.72 bits per heavy atom. The van der Waals surface area contributed by atoms with E-state index >= 15 is 0 Å². The fourth-order valence-corrected chi connectivity index (χ4v) is 2.59. The standard InChI is InChI=1S/C11H14F2N2O2S/c12-8-5-9(13)7-11(6-8)18(16,17)15-4-3-14-10-1-2-10/h5-7,10,14-15H,1-4H2. The van der Waals surface area contributed by atoms with Crippen LogP contribution in [0.1, 0.15) is 12.8 Å². The normalized spacial score (nSPS) is 15.9. The molecule has 18 heavy (non-hydrogen) atoms. The summed E-state index contributed by atoms with van der Waals surface area (Å²) in [4.78, 5) is -0.397. The van der Waals surface area contributed by atoms with Gasteiger partial charge in [-0.05, 0) is 25.0 Å². The Morgan fingerprint density at radius 1 is 1.11 bits per heavy atom. The predicted octanol–water partition coefficient (Wildman–Crippen LogP) is 0.995. The van der Waals surface area contributed by atoms with E-state index in [0.29, 0.717) is 18.7 Å². The van der Waals surface area contributed by atoms with Crippen LogP contribution in [0.3, 0.4) is 0 Å². The first kappa shape index (κ1) is 13.4. The van der Waals surface area contributed by atoms with E-state index in [1.807, 2.05) is 0 Å². The van der Waals surface area contributed by atoms with Crippen molar-refractivity contribution >= 4 is 10.0 Å². The summed E-state index contributed by atoms with van der Waals surface area (Å²) >= 11 is 0. The Morgan fingerprint density at radius 3 is 2.28 bits per heavy atom. The van der Waals surface area contributed by atoms with E-state index in [9.17, 15) is 17.2 Å². The van der Waals surface area contributed by atoms with Crippen molar-refractivity contribution < 1.29 is 17.2 Å². The van der Waals surface area contributed by atoms with Crippen LogP contribution >= 0.6 is 0 Å². The first-order chi connectivity index (χ1) is 8.47. The van der Waals surface area contributed by atoms with Gasteiger partial charge in [0.05, 0.1) is 4.90 Å². The smallest absolute Gasteiger partial charge is 0.240 e. The van der Waals surface area contributed by atoms with Crippen molar-refractivity contribution in [3.05, 3.63) is 29.8 Å². The molecule has 0 atom stereocenters. The molecular weight excluding hydrogens is 262 g/mol. The van der Waals surface area contributed by atoms with E-state index in [1.165, 1.54) is 0 Å². The predicted molar refractivity (Wildman–Crippen MR) is 62.6 cm³/mol. The molecule has 0 saturated heterocycles. The highest BCUT2D eigenvalue weighted by molar-refractivity contribution is 7.89. The van der Waals surface area contributed by atoms with E-state index in [-0.39, 0.29) is 6.54 Å². The lowest BCUT2D eigenvalue weighted by Crippen LogP contribution is -2.32. The van der Waals surface area contributed by atoms with Crippen LogP contribution in [-0.2, 0) is 10.0 Å². The van der Waals surface area contributed by atoms with Gasteiger partial charge >= 0.3 is 0 Å². The number of hydrogen-bond acceptors (Lipinski definition) is 3. The fourth-order valence-electron chi connectivity index (χ4n) is 1.52. The van der Waals surface area contributed by atoms with Crippen molar-refractivity contribution in [1.29, 1.82) is 0 Å². The molecule has 0 spiro atoms. The Labute approximate surface area is 104 Å². The summed E-state index contributed by atoms with van der Waals surface area (Å²) in [5, 5.41) is 3.13. The first-order valence-corrected chi connectivity index (χ1v) is 7.15. The lowest BCUT2D eigenvalue weighted by atomic mass is 10.3. The van der Waals surface area contributed by atoms with E-state index < -0.39 is 26.6 Å². The summed E-state index contributed by atoms with van der Waals surface area (Å²) in [5.74, 6) is -1.82. The van der Waals surface area contributed by atoms with E-state index in [1.54, 1.807) is 0 Å². The lowest BCUT2D eigenvalue weighted by molar-refractivity contribution is 0.559. The number of rotatable bonds is 6. The van der Waals surface area contributed by atoms with Gasteiger partial charge in [0.1, 0.15) is 11.6 Å². The molecule has 1 aliphatic carbocycles. The number of benzene rings is 1. The van der Waals surface area contributed by atoms with Crippen LogP contribution in [0.5, 0.6) is 0 Å². The molecule has 0 radical (unpaired) electrons. The molecule has 0 amide bonds. The maximum absolute atomic E-state index is 12.9. The van der Waals surface area contributed by atoms with E-state index in [0.717, 1.165) is 25.0 Å². The average Bonchev–Trinajstić information content (AvgIpc) is 3.07. The van der Waals surface area contributed by atoms with Crippen LogP contribution in [0.2, 0.25) is 0 Å². The van der Waals surface area contributed by atoms with Gasteiger partial charge in [-0.25, -0.2) is 21.9 Å². The third kappa shape index (κ3) is 3.72. The van der Waals surface area contributed by atoms with Crippen LogP contribution in [0, 0.1) is 11.6 Å². The Bertz CT molecular complexity index is 510. The molecular formula is C11H14F2N2O2S. The molecule has 1 fully saturated rings.